The van der Waals surface area contributed by atoms with Crippen molar-refractivity contribution in [3.05, 3.63) is 42.0 Å². The molecule has 94 valence electrons. The fraction of sp³-hybridized carbons (Fsp3) is 0.167. The molecule has 0 fully saturated rings. The topological polar surface area (TPSA) is 55.1 Å². The molecule has 0 spiro atoms. The third-order valence-corrected chi connectivity index (χ3v) is 3.32. The third-order valence-electron chi connectivity index (χ3n) is 2.37. The van der Waals surface area contributed by atoms with E-state index in [-0.39, 0.29) is 11.6 Å². The second-order valence-electron chi connectivity index (χ2n) is 3.70. The Morgan fingerprint density at radius 1 is 1.56 bits per heavy atom. The van der Waals surface area contributed by atoms with Crippen molar-refractivity contribution >= 4 is 17.7 Å². The molecule has 0 bridgehead atoms. The van der Waals surface area contributed by atoms with Gasteiger partial charge in [-0.15, -0.1) is 0 Å². The van der Waals surface area contributed by atoms with E-state index in [1.54, 1.807) is 36.0 Å². The number of carboxylic acid groups (broad SMARTS) is 1. The van der Waals surface area contributed by atoms with E-state index in [1.165, 1.54) is 6.07 Å². The molecule has 0 saturated heterocycles. The highest BCUT2D eigenvalue weighted by Gasteiger charge is 2.09. The summed E-state index contributed by atoms with van der Waals surface area (Å²) in [6.45, 7) is 1.69. The first-order valence-corrected chi connectivity index (χ1v) is 6.21. The Morgan fingerprint density at radius 2 is 2.33 bits per heavy atom. The number of aliphatic carboxylic acids is 1. The molecule has 0 radical (unpaired) electrons. The first-order chi connectivity index (χ1) is 8.58. The Morgan fingerprint density at radius 3 is 3.00 bits per heavy atom. The van der Waals surface area contributed by atoms with Crippen molar-refractivity contribution in [3.63, 3.8) is 0 Å². The number of imidazole rings is 1. The van der Waals surface area contributed by atoms with Gasteiger partial charge in [-0.1, -0.05) is 17.8 Å². The van der Waals surface area contributed by atoms with Gasteiger partial charge in [0.2, 0.25) is 0 Å². The van der Waals surface area contributed by atoms with Crippen molar-refractivity contribution in [2.75, 3.05) is 5.75 Å². The van der Waals surface area contributed by atoms with E-state index in [2.05, 4.69) is 4.98 Å². The average Bonchev–Trinajstić information content (AvgIpc) is 2.78. The zero-order chi connectivity index (χ0) is 13.1. The number of hydrogen-bond acceptors (Lipinski definition) is 3. The Hall–Kier alpha value is -1.82. The highest BCUT2D eigenvalue weighted by atomic mass is 32.2. The highest BCUT2D eigenvalue weighted by molar-refractivity contribution is 7.99. The fourth-order valence-corrected chi connectivity index (χ4v) is 2.14. The van der Waals surface area contributed by atoms with Gasteiger partial charge in [0.1, 0.15) is 5.82 Å². The fourth-order valence-electron chi connectivity index (χ4n) is 1.45. The van der Waals surface area contributed by atoms with Crippen LogP contribution in [0.15, 0.2) is 35.7 Å². The van der Waals surface area contributed by atoms with Crippen LogP contribution in [-0.2, 0) is 4.79 Å². The SMILES string of the molecule is Cc1ccc(-n2ccnc2SCC(=O)O)cc1F. The number of carboxylic acids is 1. The molecule has 0 aliphatic rings. The minimum atomic E-state index is -0.912. The zero-order valence-electron chi connectivity index (χ0n) is 9.63. The van der Waals surface area contributed by atoms with Gasteiger partial charge >= 0.3 is 5.97 Å². The molecule has 1 aromatic carbocycles. The van der Waals surface area contributed by atoms with Crippen LogP contribution < -0.4 is 0 Å². The number of carbonyl (C=O) groups is 1. The van der Waals surface area contributed by atoms with Gasteiger partial charge in [0.15, 0.2) is 5.16 Å². The van der Waals surface area contributed by atoms with Gasteiger partial charge in [0.25, 0.3) is 0 Å². The predicted molar refractivity (Wildman–Crippen MR) is 66.6 cm³/mol. The van der Waals surface area contributed by atoms with Gasteiger partial charge in [-0.2, -0.15) is 0 Å². The van der Waals surface area contributed by atoms with E-state index in [9.17, 15) is 9.18 Å². The molecule has 0 unspecified atom stereocenters. The second-order valence-corrected chi connectivity index (χ2v) is 4.64. The first kappa shape index (κ1) is 12.6. The number of thioether (sulfide) groups is 1. The van der Waals surface area contributed by atoms with Crippen LogP contribution in [0.4, 0.5) is 4.39 Å². The van der Waals surface area contributed by atoms with E-state index in [1.807, 2.05) is 0 Å². The summed E-state index contributed by atoms with van der Waals surface area (Å²) in [5.74, 6) is -1.29. The summed E-state index contributed by atoms with van der Waals surface area (Å²) in [6.07, 6.45) is 3.23. The molecule has 6 heteroatoms. The second kappa shape index (κ2) is 5.22. The summed E-state index contributed by atoms with van der Waals surface area (Å²) in [6, 6.07) is 4.85. The molecule has 2 rings (SSSR count). The monoisotopic (exact) mass is 266 g/mol. The maximum Gasteiger partial charge on any atom is 0.313 e. The quantitative estimate of drug-likeness (QED) is 0.864. The Kier molecular flexibility index (Phi) is 3.66. The van der Waals surface area contributed by atoms with E-state index in [4.69, 9.17) is 5.11 Å². The molecule has 1 heterocycles. The molecule has 2 aromatic rings. The maximum atomic E-state index is 13.5. The standard InChI is InChI=1S/C12H11FN2O2S/c1-8-2-3-9(6-10(8)13)15-5-4-14-12(15)18-7-11(16)17/h2-6H,7H2,1H3,(H,16,17). The van der Waals surface area contributed by atoms with Crippen molar-refractivity contribution < 1.29 is 14.3 Å². The third kappa shape index (κ3) is 2.70. The summed E-state index contributed by atoms with van der Waals surface area (Å²) in [4.78, 5) is 14.6. The van der Waals surface area contributed by atoms with E-state index in [0.29, 0.717) is 16.4 Å². The number of rotatable bonds is 4. The summed E-state index contributed by atoms with van der Waals surface area (Å²) in [5.41, 5.74) is 1.20. The molecule has 0 amide bonds. The van der Waals surface area contributed by atoms with Crippen molar-refractivity contribution in [2.45, 2.75) is 12.1 Å². The van der Waals surface area contributed by atoms with Crippen molar-refractivity contribution in [1.29, 1.82) is 0 Å². The van der Waals surface area contributed by atoms with Gasteiger partial charge in [-0.05, 0) is 24.6 Å². The molecule has 18 heavy (non-hydrogen) atoms. The van der Waals surface area contributed by atoms with Crippen LogP contribution in [-0.4, -0.2) is 26.4 Å². The van der Waals surface area contributed by atoms with Gasteiger partial charge in [-0.25, -0.2) is 9.37 Å². The van der Waals surface area contributed by atoms with Crippen LogP contribution in [0.1, 0.15) is 5.56 Å². The summed E-state index contributed by atoms with van der Waals surface area (Å²) in [7, 11) is 0. The molecule has 4 nitrogen and oxygen atoms in total. The highest BCUT2D eigenvalue weighted by Crippen LogP contribution is 2.21. The number of benzene rings is 1. The molecular formula is C12H11FN2O2S. The van der Waals surface area contributed by atoms with Gasteiger partial charge in [-0.3, -0.25) is 9.36 Å². The van der Waals surface area contributed by atoms with Gasteiger partial charge in [0.05, 0.1) is 11.4 Å². The van der Waals surface area contributed by atoms with Crippen LogP contribution in [0.3, 0.4) is 0 Å². The lowest BCUT2D eigenvalue weighted by atomic mass is 10.2. The molecule has 0 atom stereocenters. The Bertz CT molecular complexity index is 583. The molecular weight excluding hydrogens is 255 g/mol. The van der Waals surface area contributed by atoms with Crippen LogP contribution >= 0.6 is 11.8 Å². The normalized spacial score (nSPS) is 10.6. The van der Waals surface area contributed by atoms with Crippen LogP contribution in [0.25, 0.3) is 5.69 Å². The van der Waals surface area contributed by atoms with Crippen LogP contribution in [0, 0.1) is 12.7 Å². The van der Waals surface area contributed by atoms with Crippen molar-refractivity contribution in [3.8, 4) is 5.69 Å². The average molecular weight is 266 g/mol. The zero-order valence-corrected chi connectivity index (χ0v) is 10.4. The predicted octanol–water partition coefficient (Wildman–Crippen LogP) is 2.50. The van der Waals surface area contributed by atoms with Crippen molar-refractivity contribution in [1.82, 2.24) is 9.55 Å². The number of aryl methyl sites for hydroxylation is 1. The van der Waals surface area contributed by atoms with Gasteiger partial charge < -0.3 is 5.11 Å². The summed E-state index contributed by atoms with van der Waals surface area (Å²) in [5, 5.41) is 9.16. The molecule has 0 saturated carbocycles. The smallest absolute Gasteiger partial charge is 0.313 e. The number of hydrogen-bond donors (Lipinski definition) is 1. The Labute approximate surface area is 107 Å². The van der Waals surface area contributed by atoms with Crippen LogP contribution in [0.2, 0.25) is 0 Å². The lowest BCUT2D eigenvalue weighted by molar-refractivity contribution is -0.133. The largest absolute Gasteiger partial charge is 0.481 e. The minimum absolute atomic E-state index is 0.0780. The summed E-state index contributed by atoms with van der Waals surface area (Å²) < 4.78 is 15.1. The van der Waals surface area contributed by atoms with Crippen molar-refractivity contribution in [2.24, 2.45) is 0 Å². The number of aromatic nitrogens is 2. The van der Waals surface area contributed by atoms with E-state index in [0.717, 1.165) is 11.8 Å². The van der Waals surface area contributed by atoms with E-state index < -0.39 is 5.97 Å². The maximum absolute atomic E-state index is 13.5. The number of halogens is 1. The molecule has 0 aliphatic carbocycles. The van der Waals surface area contributed by atoms with Crippen LogP contribution in [0.5, 0.6) is 0 Å². The van der Waals surface area contributed by atoms with E-state index >= 15 is 0 Å². The minimum Gasteiger partial charge on any atom is -0.481 e. The molecule has 0 aliphatic heterocycles. The first-order valence-electron chi connectivity index (χ1n) is 5.22. The lowest BCUT2D eigenvalue weighted by Crippen LogP contribution is -2.01. The Balaban J connectivity index is 2.30. The molecule has 1 N–H and O–H groups in total. The lowest BCUT2D eigenvalue weighted by Gasteiger charge is -2.07. The molecule has 1 aromatic heterocycles. The summed E-state index contributed by atoms with van der Waals surface area (Å²) >= 11 is 1.10. The number of nitrogens with zero attached hydrogens (tertiary/aromatic N) is 2. The van der Waals surface area contributed by atoms with Gasteiger partial charge in [0, 0.05) is 12.4 Å².